The molecule has 0 atom stereocenters. The van der Waals surface area contributed by atoms with Crippen LogP contribution in [0.1, 0.15) is 47.1 Å². The molecule has 0 bridgehead atoms. The van der Waals surface area contributed by atoms with E-state index in [0.29, 0.717) is 0 Å². The maximum atomic E-state index is 11.5. The molecule has 1 fully saturated rings. The van der Waals surface area contributed by atoms with Crippen molar-refractivity contribution in [1.29, 1.82) is 0 Å². The number of nitrogens with zero attached hydrogens (tertiary/aromatic N) is 1. The zero-order valence-electron chi connectivity index (χ0n) is 20.6. The molecule has 2 N–H and O–H groups in total. The zero-order chi connectivity index (χ0) is 25.1. The summed E-state index contributed by atoms with van der Waals surface area (Å²) in [4.78, 5) is 2.54. The predicted octanol–water partition coefficient (Wildman–Crippen LogP) is 4.82. The number of fused-ring (bicyclic) bond motifs is 1. The summed E-state index contributed by atoms with van der Waals surface area (Å²) in [5.41, 5.74) is 7.97. The number of rotatable bonds is 8. The summed E-state index contributed by atoms with van der Waals surface area (Å²) in [6.07, 6.45) is 5.20. The molecule has 1 heterocycles. The highest BCUT2D eigenvalue weighted by molar-refractivity contribution is 7.84. The highest BCUT2D eigenvalue weighted by Crippen LogP contribution is 2.44. The summed E-state index contributed by atoms with van der Waals surface area (Å²) < 4.78 is 33.6. The standard InChI is InChI=1S/C29H32N2O4S/c1-34-28-7-3-2-6-26(28)27-14-12-23-20-24(35-36(30,32)33)13-15-25(23)29(27)22-10-8-21(9-11-22)16-19-31-17-4-5-18-31/h2-3,6-11,13,15,20H,4-5,12,14,16-19H2,1H3,(H2,30,32,33). The monoisotopic (exact) mass is 504 g/mol. The van der Waals surface area contributed by atoms with E-state index in [1.807, 2.05) is 24.3 Å². The summed E-state index contributed by atoms with van der Waals surface area (Å²) in [6, 6.07) is 22.3. The van der Waals surface area contributed by atoms with Gasteiger partial charge in [0, 0.05) is 12.1 Å². The molecule has 36 heavy (non-hydrogen) atoms. The van der Waals surface area contributed by atoms with Gasteiger partial charge in [-0.25, -0.2) is 0 Å². The van der Waals surface area contributed by atoms with Crippen molar-refractivity contribution in [3.8, 4) is 11.5 Å². The molecule has 0 spiro atoms. The Morgan fingerprint density at radius 1 is 0.917 bits per heavy atom. The highest BCUT2D eigenvalue weighted by Gasteiger charge is 2.24. The average Bonchev–Trinajstić information content (AvgIpc) is 3.40. The molecule has 1 saturated heterocycles. The van der Waals surface area contributed by atoms with Gasteiger partial charge in [-0.15, -0.1) is 0 Å². The summed E-state index contributed by atoms with van der Waals surface area (Å²) in [7, 11) is -2.38. The van der Waals surface area contributed by atoms with Crippen molar-refractivity contribution in [2.45, 2.75) is 32.1 Å². The minimum atomic E-state index is -4.08. The molecule has 188 valence electrons. The number of methoxy groups -OCH3 is 1. The topological polar surface area (TPSA) is 81.9 Å². The molecule has 0 saturated carbocycles. The minimum absolute atomic E-state index is 0.230. The van der Waals surface area contributed by atoms with Gasteiger partial charge in [0.15, 0.2) is 0 Å². The smallest absolute Gasteiger partial charge is 0.380 e. The number of aryl methyl sites for hydroxylation is 1. The molecule has 1 aliphatic carbocycles. The maximum absolute atomic E-state index is 11.5. The van der Waals surface area contributed by atoms with E-state index in [1.165, 1.54) is 37.1 Å². The van der Waals surface area contributed by atoms with Gasteiger partial charge in [-0.05, 0) is 96.8 Å². The van der Waals surface area contributed by atoms with Crippen LogP contribution in [0, 0.1) is 0 Å². The largest absolute Gasteiger partial charge is 0.496 e. The van der Waals surface area contributed by atoms with Crippen LogP contribution in [0.25, 0.3) is 11.1 Å². The van der Waals surface area contributed by atoms with Crippen LogP contribution >= 0.6 is 0 Å². The van der Waals surface area contributed by atoms with Crippen molar-refractivity contribution in [2.75, 3.05) is 26.7 Å². The summed E-state index contributed by atoms with van der Waals surface area (Å²) in [6.45, 7) is 3.52. The van der Waals surface area contributed by atoms with Gasteiger partial charge < -0.3 is 13.8 Å². The Morgan fingerprint density at radius 3 is 2.39 bits per heavy atom. The molecule has 7 heteroatoms. The van der Waals surface area contributed by atoms with Crippen LogP contribution in [0.5, 0.6) is 11.5 Å². The van der Waals surface area contributed by atoms with E-state index >= 15 is 0 Å². The van der Waals surface area contributed by atoms with Crippen molar-refractivity contribution >= 4 is 21.5 Å². The normalized spacial score (nSPS) is 16.2. The number of ether oxygens (including phenoxy) is 1. The first-order chi connectivity index (χ1) is 17.4. The number of para-hydroxylation sites is 1. The van der Waals surface area contributed by atoms with Crippen LogP contribution in [0.15, 0.2) is 66.7 Å². The second-order valence-corrected chi connectivity index (χ2v) is 10.6. The first kappa shape index (κ1) is 24.6. The van der Waals surface area contributed by atoms with Gasteiger partial charge in [-0.1, -0.05) is 48.5 Å². The summed E-state index contributed by atoms with van der Waals surface area (Å²) >= 11 is 0. The summed E-state index contributed by atoms with van der Waals surface area (Å²) in [5.74, 6) is 1.07. The Balaban J connectivity index is 1.55. The van der Waals surface area contributed by atoms with E-state index in [4.69, 9.17) is 14.1 Å². The second kappa shape index (κ2) is 10.5. The fraction of sp³-hybridized carbons (Fsp3) is 0.310. The van der Waals surface area contributed by atoms with Crippen LogP contribution in [-0.4, -0.2) is 40.1 Å². The zero-order valence-corrected chi connectivity index (χ0v) is 21.4. The number of benzene rings is 3. The fourth-order valence-electron chi connectivity index (χ4n) is 5.38. The van der Waals surface area contributed by atoms with E-state index in [-0.39, 0.29) is 5.75 Å². The third-order valence-corrected chi connectivity index (χ3v) is 7.52. The highest BCUT2D eigenvalue weighted by atomic mass is 32.2. The molecule has 1 aliphatic heterocycles. The van der Waals surface area contributed by atoms with Crippen LogP contribution in [0.3, 0.4) is 0 Å². The lowest BCUT2D eigenvalue weighted by Crippen LogP contribution is -2.21. The van der Waals surface area contributed by atoms with Crippen LogP contribution in [0.2, 0.25) is 0 Å². The van der Waals surface area contributed by atoms with E-state index in [0.717, 1.165) is 59.4 Å². The van der Waals surface area contributed by atoms with Gasteiger partial charge in [0.25, 0.3) is 0 Å². The first-order valence-electron chi connectivity index (χ1n) is 12.4. The lowest BCUT2D eigenvalue weighted by atomic mass is 9.79. The molecule has 0 amide bonds. The molecule has 0 unspecified atom stereocenters. The average molecular weight is 505 g/mol. The van der Waals surface area contributed by atoms with Crippen molar-refractivity contribution < 1.29 is 17.3 Å². The number of hydrogen-bond acceptors (Lipinski definition) is 5. The second-order valence-electron chi connectivity index (χ2n) is 9.44. The van der Waals surface area contributed by atoms with E-state index in [1.54, 1.807) is 19.2 Å². The first-order valence-corrected chi connectivity index (χ1v) is 13.9. The fourth-order valence-corrected chi connectivity index (χ4v) is 5.75. The quantitative estimate of drug-likeness (QED) is 0.476. The molecule has 3 aromatic rings. The number of nitrogens with two attached hydrogens (primary N) is 1. The van der Waals surface area contributed by atoms with Gasteiger partial charge in [-0.3, -0.25) is 0 Å². The third-order valence-electron chi connectivity index (χ3n) is 7.09. The molecular formula is C29H32N2O4S. The van der Waals surface area contributed by atoms with Gasteiger partial charge in [0.2, 0.25) is 0 Å². The molecular weight excluding hydrogens is 472 g/mol. The van der Waals surface area contributed by atoms with Crippen molar-refractivity contribution in [2.24, 2.45) is 5.14 Å². The van der Waals surface area contributed by atoms with Gasteiger partial charge >= 0.3 is 10.3 Å². The third kappa shape index (κ3) is 5.48. The molecule has 0 radical (unpaired) electrons. The van der Waals surface area contributed by atoms with Gasteiger partial charge in [0.05, 0.1) is 7.11 Å². The van der Waals surface area contributed by atoms with Gasteiger partial charge in [0.1, 0.15) is 11.5 Å². The lowest BCUT2D eigenvalue weighted by molar-refractivity contribution is 0.343. The van der Waals surface area contributed by atoms with E-state index in [9.17, 15) is 8.42 Å². The molecule has 0 aromatic heterocycles. The van der Waals surface area contributed by atoms with E-state index in [2.05, 4.69) is 35.2 Å². The lowest BCUT2D eigenvalue weighted by Gasteiger charge is -2.26. The molecule has 3 aromatic carbocycles. The molecule has 6 nitrogen and oxygen atoms in total. The minimum Gasteiger partial charge on any atom is -0.496 e. The molecule has 2 aliphatic rings. The van der Waals surface area contributed by atoms with Crippen molar-refractivity contribution in [3.63, 3.8) is 0 Å². The Hall–Kier alpha value is -3.13. The number of allylic oxidation sites excluding steroid dienone is 1. The SMILES string of the molecule is COc1ccccc1C1=C(c2ccc(CCN3CCCC3)cc2)c2ccc(OS(N)(=O)=O)cc2CC1. The van der Waals surface area contributed by atoms with Crippen LogP contribution < -0.4 is 14.1 Å². The Kier molecular flexibility index (Phi) is 7.14. The number of likely N-dealkylation sites (tertiary alicyclic amines) is 1. The Morgan fingerprint density at radius 2 is 1.67 bits per heavy atom. The van der Waals surface area contributed by atoms with Gasteiger partial charge in [-0.2, -0.15) is 13.6 Å². The van der Waals surface area contributed by atoms with Crippen LogP contribution in [-0.2, 0) is 23.1 Å². The summed E-state index contributed by atoms with van der Waals surface area (Å²) in [5, 5.41) is 5.09. The molecule has 5 rings (SSSR count). The Bertz CT molecular complexity index is 1370. The van der Waals surface area contributed by atoms with E-state index < -0.39 is 10.3 Å². The maximum Gasteiger partial charge on any atom is 0.380 e. The van der Waals surface area contributed by atoms with Crippen LogP contribution in [0.4, 0.5) is 0 Å². The van der Waals surface area contributed by atoms with Crippen molar-refractivity contribution in [3.05, 3.63) is 94.5 Å². The van der Waals surface area contributed by atoms with Crippen molar-refractivity contribution in [1.82, 2.24) is 4.90 Å². The number of hydrogen-bond donors (Lipinski definition) is 1. The predicted molar refractivity (Wildman–Crippen MR) is 143 cm³/mol. The Labute approximate surface area is 213 Å².